The second-order valence-electron chi connectivity index (χ2n) is 6.99. The molecule has 1 aliphatic rings. The fraction of sp³-hybridized carbons (Fsp3) is 0.286. The summed E-state index contributed by atoms with van der Waals surface area (Å²) in [6.07, 6.45) is -4.12. The van der Waals surface area contributed by atoms with Crippen molar-refractivity contribution in [3.05, 3.63) is 53.8 Å². The van der Waals surface area contributed by atoms with E-state index in [1.165, 1.54) is 48.4 Å². The molecule has 0 N–H and O–H groups in total. The largest absolute Gasteiger partial charge is 0.465 e. The maximum absolute atomic E-state index is 13.6. The van der Waals surface area contributed by atoms with Crippen molar-refractivity contribution in [1.82, 2.24) is 9.97 Å². The van der Waals surface area contributed by atoms with Crippen molar-refractivity contribution < 1.29 is 27.1 Å². The van der Waals surface area contributed by atoms with Crippen LogP contribution in [0.25, 0.3) is 22.3 Å². The van der Waals surface area contributed by atoms with Gasteiger partial charge in [0.15, 0.2) is 5.82 Å². The summed E-state index contributed by atoms with van der Waals surface area (Å²) in [5, 5.41) is 0. The fourth-order valence-electron chi connectivity index (χ4n) is 3.65. The molecule has 5 nitrogen and oxygen atoms in total. The Morgan fingerprint density at radius 3 is 2.50 bits per heavy atom. The van der Waals surface area contributed by atoms with Crippen LogP contribution in [-0.2, 0) is 4.74 Å². The van der Waals surface area contributed by atoms with Crippen LogP contribution >= 0.6 is 0 Å². The van der Waals surface area contributed by atoms with E-state index in [0.29, 0.717) is 17.5 Å². The minimum absolute atomic E-state index is 0.0473. The van der Waals surface area contributed by atoms with E-state index in [0.717, 1.165) is 0 Å². The number of nitrogens with zero attached hydrogens (tertiary/aromatic N) is 3. The minimum Gasteiger partial charge on any atom is -0.465 e. The molecule has 2 heterocycles. The number of methoxy groups -OCH3 is 1. The summed E-state index contributed by atoms with van der Waals surface area (Å²) in [7, 11) is 1.24. The van der Waals surface area contributed by atoms with E-state index in [-0.39, 0.29) is 35.6 Å². The van der Waals surface area contributed by atoms with Crippen LogP contribution in [-0.4, -0.2) is 41.8 Å². The molecule has 1 atom stereocenters. The third kappa shape index (κ3) is 3.67. The molecule has 1 saturated heterocycles. The van der Waals surface area contributed by atoms with Crippen LogP contribution in [0.5, 0.6) is 0 Å². The van der Waals surface area contributed by atoms with Gasteiger partial charge in [0.1, 0.15) is 17.6 Å². The van der Waals surface area contributed by atoms with Gasteiger partial charge in [-0.05, 0) is 55.3 Å². The number of aromatic nitrogens is 2. The highest BCUT2D eigenvalue weighted by Gasteiger charge is 2.47. The smallest absolute Gasteiger partial charge is 0.408 e. The van der Waals surface area contributed by atoms with Gasteiger partial charge in [-0.3, -0.25) is 0 Å². The number of fused-ring (bicyclic) bond motifs is 1. The summed E-state index contributed by atoms with van der Waals surface area (Å²) < 4.78 is 58.9. The monoisotopic (exact) mass is 419 g/mol. The van der Waals surface area contributed by atoms with Crippen molar-refractivity contribution in [3.8, 4) is 11.3 Å². The van der Waals surface area contributed by atoms with Crippen molar-refractivity contribution in [2.45, 2.75) is 25.1 Å². The number of ether oxygens (including phenoxy) is 1. The lowest BCUT2D eigenvalue weighted by molar-refractivity contribution is -0.146. The van der Waals surface area contributed by atoms with Crippen LogP contribution in [0.4, 0.5) is 23.4 Å². The Hall–Kier alpha value is -3.23. The van der Waals surface area contributed by atoms with E-state index < -0.39 is 24.0 Å². The molecule has 0 bridgehead atoms. The molecule has 30 heavy (non-hydrogen) atoms. The Morgan fingerprint density at radius 1 is 1.10 bits per heavy atom. The van der Waals surface area contributed by atoms with Crippen molar-refractivity contribution in [2.24, 2.45) is 0 Å². The molecule has 1 aromatic heterocycles. The second-order valence-corrected chi connectivity index (χ2v) is 6.99. The van der Waals surface area contributed by atoms with E-state index >= 15 is 0 Å². The fourth-order valence-corrected chi connectivity index (χ4v) is 3.65. The molecular formula is C21H17F4N3O2. The number of benzene rings is 2. The first-order valence-electron chi connectivity index (χ1n) is 9.27. The lowest BCUT2D eigenvalue weighted by Gasteiger charge is -2.29. The molecule has 4 rings (SSSR count). The lowest BCUT2D eigenvalue weighted by Crippen LogP contribution is -2.42. The topological polar surface area (TPSA) is 55.3 Å². The average Bonchev–Trinajstić information content (AvgIpc) is 3.23. The highest BCUT2D eigenvalue weighted by Crippen LogP contribution is 2.39. The first kappa shape index (κ1) is 20.1. The molecule has 9 heteroatoms. The molecule has 0 radical (unpaired) electrons. The highest BCUT2D eigenvalue weighted by atomic mass is 19.4. The molecule has 2 aromatic carbocycles. The Bertz CT molecular complexity index is 1100. The number of esters is 1. The number of hydrogen-bond donors (Lipinski definition) is 0. The number of rotatable bonds is 3. The first-order valence-corrected chi connectivity index (χ1v) is 9.27. The molecule has 156 valence electrons. The molecule has 0 saturated carbocycles. The summed E-state index contributed by atoms with van der Waals surface area (Å²) in [6, 6.07) is 8.15. The Morgan fingerprint density at radius 2 is 1.83 bits per heavy atom. The summed E-state index contributed by atoms with van der Waals surface area (Å²) in [5.74, 6) is -1.00. The minimum atomic E-state index is -4.43. The number of anilines is 1. The van der Waals surface area contributed by atoms with E-state index in [9.17, 15) is 22.4 Å². The quantitative estimate of drug-likeness (QED) is 0.453. The standard InChI is InChI=1S/C21H17F4N3O2/c1-30-20(29)13-6-9-15-16(11-13)27-19(28-10-2-3-17(28)21(23,24)25)18(26-15)12-4-7-14(22)8-5-12/h4-9,11,17H,2-3,10H2,1H3/t17-/m1/s1. The zero-order valence-electron chi connectivity index (χ0n) is 15.9. The third-order valence-electron chi connectivity index (χ3n) is 5.09. The van der Waals surface area contributed by atoms with Crippen LogP contribution in [0.15, 0.2) is 42.5 Å². The Balaban J connectivity index is 1.92. The highest BCUT2D eigenvalue weighted by molar-refractivity contribution is 5.94. The number of halogens is 4. The van der Waals surface area contributed by atoms with E-state index in [1.807, 2.05) is 0 Å². The van der Waals surface area contributed by atoms with Gasteiger partial charge in [-0.15, -0.1) is 0 Å². The maximum Gasteiger partial charge on any atom is 0.408 e. The van der Waals surface area contributed by atoms with Crippen molar-refractivity contribution in [2.75, 3.05) is 18.6 Å². The van der Waals surface area contributed by atoms with Crippen LogP contribution in [0.1, 0.15) is 23.2 Å². The predicted molar refractivity (Wildman–Crippen MR) is 103 cm³/mol. The molecule has 3 aromatic rings. The van der Waals surface area contributed by atoms with Crippen molar-refractivity contribution in [1.29, 1.82) is 0 Å². The number of carbonyl (C=O) groups is 1. The van der Waals surface area contributed by atoms with Gasteiger partial charge < -0.3 is 9.64 Å². The third-order valence-corrected chi connectivity index (χ3v) is 5.09. The summed E-state index contributed by atoms with van der Waals surface area (Å²) >= 11 is 0. The van der Waals surface area contributed by atoms with Gasteiger partial charge in [-0.1, -0.05) is 0 Å². The average molecular weight is 419 g/mol. The zero-order chi connectivity index (χ0) is 21.5. The lowest BCUT2D eigenvalue weighted by atomic mass is 10.1. The summed E-state index contributed by atoms with van der Waals surface area (Å²) in [4.78, 5) is 22.0. The van der Waals surface area contributed by atoms with Crippen molar-refractivity contribution in [3.63, 3.8) is 0 Å². The number of hydrogen-bond acceptors (Lipinski definition) is 5. The van der Waals surface area contributed by atoms with Crippen LogP contribution in [0, 0.1) is 5.82 Å². The van der Waals surface area contributed by atoms with Gasteiger partial charge in [0.25, 0.3) is 0 Å². The van der Waals surface area contributed by atoms with Gasteiger partial charge in [0.05, 0.1) is 23.7 Å². The SMILES string of the molecule is COC(=O)c1ccc2nc(-c3ccc(F)cc3)c(N3CCC[C@@H]3C(F)(F)F)nc2c1. The summed E-state index contributed by atoms with van der Waals surface area (Å²) in [6.45, 7) is 0.162. The van der Waals surface area contributed by atoms with Gasteiger partial charge in [0.2, 0.25) is 0 Å². The Kier molecular flexibility index (Phi) is 5.05. The second kappa shape index (κ2) is 7.55. The predicted octanol–water partition coefficient (Wildman–Crippen LogP) is 4.75. The van der Waals surface area contributed by atoms with Gasteiger partial charge >= 0.3 is 12.1 Å². The van der Waals surface area contributed by atoms with Gasteiger partial charge in [0, 0.05) is 12.1 Å². The molecule has 0 unspecified atom stereocenters. The molecule has 1 aliphatic heterocycles. The molecule has 0 spiro atoms. The first-order chi connectivity index (χ1) is 14.3. The number of alkyl halides is 3. The maximum atomic E-state index is 13.6. The van der Waals surface area contributed by atoms with Crippen molar-refractivity contribution >= 4 is 22.8 Å². The number of carbonyl (C=O) groups excluding carboxylic acids is 1. The van der Waals surface area contributed by atoms with E-state index in [2.05, 4.69) is 9.97 Å². The van der Waals surface area contributed by atoms with E-state index in [4.69, 9.17) is 4.74 Å². The van der Waals surface area contributed by atoms with E-state index in [1.54, 1.807) is 6.07 Å². The molecular weight excluding hydrogens is 402 g/mol. The molecule has 0 aliphatic carbocycles. The molecule has 0 amide bonds. The zero-order valence-corrected chi connectivity index (χ0v) is 15.9. The van der Waals surface area contributed by atoms with Crippen LogP contribution < -0.4 is 4.90 Å². The normalized spacial score (nSPS) is 16.8. The van der Waals surface area contributed by atoms with Crippen LogP contribution in [0.3, 0.4) is 0 Å². The van der Waals surface area contributed by atoms with Gasteiger partial charge in [-0.2, -0.15) is 13.2 Å². The van der Waals surface area contributed by atoms with Gasteiger partial charge in [-0.25, -0.2) is 19.2 Å². The molecule has 1 fully saturated rings. The van der Waals surface area contributed by atoms with Crippen LogP contribution in [0.2, 0.25) is 0 Å². The summed E-state index contributed by atoms with van der Waals surface area (Å²) in [5.41, 5.74) is 1.56. The Labute approximate surface area is 169 Å².